The maximum atomic E-state index is 12.8. The van der Waals surface area contributed by atoms with E-state index < -0.39 is 34.8 Å². The Morgan fingerprint density at radius 2 is 1.83 bits per heavy atom. The summed E-state index contributed by atoms with van der Waals surface area (Å²) in [6.45, 7) is 0.614. The lowest BCUT2D eigenvalue weighted by Gasteiger charge is -2.09. The van der Waals surface area contributed by atoms with Crippen LogP contribution in [0.1, 0.15) is 33.2 Å². The number of carbonyl (C=O) groups is 3. The Hall–Kier alpha value is -4.03. The minimum absolute atomic E-state index is 0.0153. The minimum atomic E-state index is -0.984. The van der Waals surface area contributed by atoms with Gasteiger partial charge in [-0.1, -0.05) is 29.8 Å². The minimum Gasteiger partial charge on any atom is -0.454 e. The van der Waals surface area contributed by atoms with Gasteiger partial charge in [0, 0.05) is 22.9 Å². The molecule has 0 aromatic heterocycles. The van der Waals surface area contributed by atoms with Gasteiger partial charge in [0.15, 0.2) is 12.4 Å². The van der Waals surface area contributed by atoms with E-state index in [-0.39, 0.29) is 33.0 Å². The third kappa shape index (κ3) is 4.87. The molecule has 2 aromatic carbocycles. The first-order valence-corrected chi connectivity index (χ1v) is 8.69. The van der Waals surface area contributed by atoms with Crippen LogP contribution in [0.5, 0.6) is 0 Å². The summed E-state index contributed by atoms with van der Waals surface area (Å²) in [5.41, 5.74) is 4.33. The van der Waals surface area contributed by atoms with Gasteiger partial charge in [0.05, 0.1) is 10.5 Å². The zero-order chi connectivity index (χ0) is 22.4. The Morgan fingerprint density at radius 1 is 1.20 bits per heavy atom. The highest BCUT2D eigenvalue weighted by molar-refractivity contribution is 6.33. The van der Waals surface area contributed by atoms with Crippen LogP contribution in [0, 0.1) is 21.4 Å². The molecule has 0 aliphatic carbocycles. The molecule has 0 heterocycles. The Balaban J connectivity index is 2.31. The van der Waals surface area contributed by atoms with Crippen LogP contribution in [0.3, 0.4) is 0 Å². The molecule has 0 saturated carbocycles. The molecule has 0 spiro atoms. The van der Waals surface area contributed by atoms with Crippen molar-refractivity contribution in [2.75, 3.05) is 6.61 Å². The number of nitrogens with two attached hydrogens (primary N) is 1. The number of halogens is 1. The van der Waals surface area contributed by atoms with Gasteiger partial charge in [0.25, 0.3) is 5.69 Å². The van der Waals surface area contributed by atoms with Gasteiger partial charge in [0.2, 0.25) is 5.78 Å². The van der Waals surface area contributed by atoms with E-state index >= 15 is 0 Å². The Bertz CT molecular complexity index is 1130. The summed E-state index contributed by atoms with van der Waals surface area (Å²) in [4.78, 5) is 47.5. The van der Waals surface area contributed by atoms with Crippen molar-refractivity contribution in [1.29, 1.82) is 5.26 Å². The Morgan fingerprint density at radius 3 is 2.40 bits per heavy atom. The molecule has 10 heteroatoms. The Labute approximate surface area is 175 Å². The van der Waals surface area contributed by atoms with Crippen molar-refractivity contribution in [2.24, 2.45) is 5.73 Å². The standard InChI is InChI=1S/C20H14ClN3O6/c1-11(23)15(9-22)18(25)10-30-20(27)14-5-3-2-4-13(14)19(26)12-6-7-16(21)17(8-12)24(28)29/h2-8H,10,23H2,1H3. The van der Waals surface area contributed by atoms with E-state index in [1.807, 2.05) is 0 Å². The van der Waals surface area contributed by atoms with Crippen LogP contribution >= 0.6 is 11.6 Å². The summed E-state index contributed by atoms with van der Waals surface area (Å²) < 4.78 is 4.92. The van der Waals surface area contributed by atoms with Crippen LogP contribution in [-0.2, 0) is 9.53 Å². The lowest BCUT2D eigenvalue weighted by atomic mass is 9.98. The summed E-state index contributed by atoms with van der Waals surface area (Å²) in [6.07, 6.45) is 0. The van der Waals surface area contributed by atoms with E-state index in [0.717, 1.165) is 6.07 Å². The molecule has 0 bridgehead atoms. The van der Waals surface area contributed by atoms with Gasteiger partial charge in [-0.3, -0.25) is 19.7 Å². The third-order valence-corrected chi connectivity index (χ3v) is 4.24. The molecular formula is C20H14ClN3O6. The number of nitriles is 1. The molecule has 2 N–H and O–H groups in total. The predicted molar refractivity (Wildman–Crippen MR) is 106 cm³/mol. The molecule has 9 nitrogen and oxygen atoms in total. The number of carbonyl (C=O) groups excluding carboxylic acids is 3. The smallest absolute Gasteiger partial charge is 0.339 e. The molecule has 0 fully saturated rings. The molecule has 0 atom stereocenters. The van der Waals surface area contributed by atoms with Crippen LogP contribution < -0.4 is 5.73 Å². The zero-order valence-electron chi connectivity index (χ0n) is 15.5. The number of nitrogens with zero attached hydrogens (tertiary/aromatic N) is 2. The average Bonchev–Trinajstić information content (AvgIpc) is 2.71. The largest absolute Gasteiger partial charge is 0.454 e. The normalized spacial score (nSPS) is 11.1. The average molecular weight is 428 g/mol. The molecule has 0 saturated heterocycles. The second kappa shape index (κ2) is 9.45. The van der Waals surface area contributed by atoms with Crippen molar-refractivity contribution in [3.63, 3.8) is 0 Å². The van der Waals surface area contributed by atoms with Crippen molar-refractivity contribution < 1.29 is 24.0 Å². The van der Waals surface area contributed by atoms with Crippen molar-refractivity contribution >= 4 is 34.8 Å². The van der Waals surface area contributed by atoms with E-state index in [1.54, 1.807) is 6.07 Å². The monoisotopic (exact) mass is 427 g/mol. The number of allylic oxidation sites excluding steroid dienone is 1. The maximum absolute atomic E-state index is 12.8. The van der Waals surface area contributed by atoms with Gasteiger partial charge in [-0.2, -0.15) is 5.26 Å². The molecule has 152 valence electrons. The van der Waals surface area contributed by atoms with E-state index in [0.29, 0.717) is 0 Å². The molecule has 0 amide bonds. The first kappa shape index (κ1) is 22.3. The van der Waals surface area contributed by atoms with Gasteiger partial charge < -0.3 is 10.5 Å². The SMILES string of the molecule is CC(N)=C(C#N)C(=O)COC(=O)c1ccccc1C(=O)c1ccc(Cl)c([N+](=O)[O-])c1. The van der Waals surface area contributed by atoms with E-state index in [4.69, 9.17) is 27.3 Å². The van der Waals surface area contributed by atoms with Crippen molar-refractivity contribution in [1.82, 2.24) is 0 Å². The molecule has 0 aliphatic heterocycles. The second-order valence-corrected chi connectivity index (χ2v) is 6.37. The highest BCUT2D eigenvalue weighted by atomic mass is 35.5. The molecule has 2 rings (SSSR count). The fourth-order valence-electron chi connectivity index (χ4n) is 2.46. The number of rotatable bonds is 7. The first-order valence-electron chi connectivity index (χ1n) is 8.31. The van der Waals surface area contributed by atoms with E-state index in [1.165, 1.54) is 43.3 Å². The number of esters is 1. The van der Waals surface area contributed by atoms with Crippen molar-refractivity contribution in [3.05, 3.63) is 85.6 Å². The van der Waals surface area contributed by atoms with Gasteiger partial charge >= 0.3 is 5.97 Å². The molecule has 2 aromatic rings. The number of hydrogen-bond acceptors (Lipinski definition) is 8. The summed E-state index contributed by atoms with van der Waals surface area (Å²) in [6, 6.07) is 10.7. The van der Waals surface area contributed by atoms with Crippen LogP contribution in [0.2, 0.25) is 5.02 Å². The Kier molecular flexibility index (Phi) is 7.01. The van der Waals surface area contributed by atoms with Crippen LogP contribution in [0.15, 0.2) is 53.7 Å². The van der Waals surface area contributed by atoms with Gasteiger partial charge in [-0.15, -0.1) is 0 Å². The molecule has 30 heavy (non-hydrogen) atoms. The molecule has 0 radical (unpaired) electrons. The number of hydrogen-bond donors (Lipinski definition) is 1. The fraction of sp³-hybridized carbons (Fsp3) is 0.100. The maximum Gasteiger partial charge on any atom is 0.339 e. The number of benzene rings is 2. The quantitative estimate of drug-likeness (QED) is 0.176. The molecule has 0 aliphatic rings. The second-order valence-electron chi connectivity index (χ2n) is 5.97. The third-order valence-electron chi connectivity index (χ3n) is 3.92. The highest BCUT2D eigenvalue weighted by Gasteiger charge is 2.23. The van der Waals surface area contributed by atoms with E-state index in [9.17, 15) is 24.5 Å². The first-order chi connectivity index (χ1) is 14.2. The summed E-state index contributed by atoms with van der Waals surface area (Å²) >= 11 is 5.76. The number of nitro groups is 1. The predicted octanol–water partition coefficient (Wildman–Crippen LogP) is 2.96. The molecular weight excluding hydrogens is 414 g/mol. The van der Waals surface area contributed by atoms with Gasteiger partial charge in [0.1, 0.15) is 16.7 Å². The lowest BCUT2D eigenvalue weighted by molar-refractivity contribution is -0.384. The van der Waals surface area contributed by atoms with Crippen LogP contribution in [0.4, 0.5) is 5.69 Å². The fourth-order valence-corrected chi connectivity index (χ4v) is 2.65. The highest BCUT2D eigenvalue weighted by Crippen LogP contribution is 2.27. The summed E-state index contributed by atoms with van der Waals surface area (Å²) in [7, 11) is 0. The van der Waals surface area contributed by atoms with Crippen LogP contribution in [0.25, 0.3) is 0 Å². The zero-order valence-corrected chi connectivity index (χ0v) is 16.3. The van der Waals surface area contributed by atoms with Crippen molar-refractivity contribution in [2.45, 2.75) is 6.92 Å². The number of Topliss-reactive ketones (excluding diaryl/α,β-unsaturated/α-hetero) is 1. The number of nitro benzene ring substituents is 1. The number of ether oxygens (including phenoxy) is 1. The summed E-state index contributed by atoms with van der Waals surface area (Å²) in [5.74, 6) is -2.45. The van der Waals surface area contributed by atoms with Crippen LogP contribution in [-0.4, -0.2) is 29.1 Å². The van der Waals surface area contributed by atoms with Gasteiger partial charge in [-0.05, 0) is 25.1 Å². The molecule has 0 unspecified atom stereocenters. The number of ketones is 2. The van der Waals surface area contributed by atoms with E-state index in [2.05, 4.69) is 0 Å². The van der Waals surface area contributed by atoms with Gasteiger partial charge in [-0.25, -0.2) is 4.79 Å². The van der Waals surface area contributed by atoms with Crippen molar-refractivity contribution in [3.8, 4) is 6.07 Å². The summed E-state index contributed by atoms with van der Waals surface area (Å²) in [5, 5.41) is 19.8. The lowest BCUT2D eigenvalue weighted by Crippen LogP contribution is -2.19. The topological polar surface area (TPSA) is 153 Å².